The average molecular weight is 466 g/mol. The molecule has 3 aromatic rings. The molecule has 35 heavy (non-hydrogen) atoms. The number of rotatable bonds is 4. The van der Waals surface area contributed by atoms with Crippen LogP contribution < -0.4 is 9.80 Å². The molecule has 2 bridgehead atoms. The molecule has 0 spiro atoms. The minimum Gasteiger partial charge on any atom is -0.464 e. The van der Waals surface area contributed by atoms with Crippen LogP contribution in [0, 0.1) is 11.8 Å². The Morgan fingerprint density at radius 2 is 1.43 bits per heavy atom. The van der Waals surface area contributed by atoms with E-state index in [0.717, 1.165) is 4.90 Å². The highest BCUT2D eigenvalue weighted by Gasteiger charge is 2.78. The van der Waals surface area contributed by atoms with Gasteiger partial charge in [0.05, 0.1) is 30.2 Å². The number of imide groups is 1. The van der Waals surface area contributed by atoms with Gasteiger partial charge in [0.2, 0.25) is 23.1 Å². The van der Waals surface area contributed by atoms with Gasteiger partial charge in [-0.3, -0.25) is 14.4 Å². The number of esters is 1. The molecule has 174 valence electrons. The summed E-state index contributed by atoms with van der Waals surface area (Å²) in [6.45, 7) is 1.69. The quantitative estimate of drug-likeness (QED) is 0.332. The van der Waals surface area contributed by atoms with Crippen LogP contribution in [0.2, 0.25) is 0 Å². The molecule has 0 radical (unpaired) electrons. The Balaban J connectivity index is 1.66. The third-order valence-electron chi connectivity index (χ3n) is 7.31. The smallest absolute Gasteiger partial charge is 0.341 e. The topological polar surface area (TPSA) is 84.0 Å². The predicted molar refractivity (Wildman–Crippen MR) is 128 cm³/mol. The molecule has 2 saturated heterocycles. The zero-order valence-electron chi connectivity index (χ0n) is 19.0. The van der Waals surface area contributed by atoms with Gasteiger partial charge in [0.15, 0.2) is 0 Å². The van der Waals surface area contributed by atoms with Crippen molar-refractivity contribution in [2.45, 2.75) is 18.5 Å². The number of carbonyl (C=O) groups excluding carboxylic acids is 4. The fraction of sp³-hybridized carbons (Fsp3) is 0.214. The first-order valence-corrected chi connectivity index (χ1v) is 11.6. The molecule has 0 aromatic heterocycles. The third kappa shape index (κ3) is 2.60. The third-order valence-corrected chi connectivity index (χ3v) is 7.31. The fourth-order valence-corrected chi connectivity index (χ4v) is 6.07. The number of fused-ring (bicyclic) bond motifs is 7. The number of amides is 2. The molecule has 7 nitrogen and oxygen atoms in total. The zero-order valence-corrected chi connectivity index (χ0v) is 19.0. The summed E-state index contributed by atoms with van der Waals surface area (Å²) >= 11 is 0. The second-order valence-electron chi connectivity index (χ2n) is 8.90. The maximum atomic E-state index is 14.3. The molecule has 0 aliphatic carbocycles. The van der Waals surface area contributed by atoms with Crippen molar-refractivity contribution in [1.82, 2.24) is 0 Å². The van der Waals surface area contributed by atoms with Gasteiger partial charge >= 0.3 is 5.97 Å². The molecule has 4 atom stereocenters. The molecule has 6 rings (SSSR count). The molecule has 0 unspecified atom stereocenters. The van der Waals surface area contributed by atoms with Crippen LogP contribution in [0.15, 0.2) is 84.9 Å². The van der Waals surface area contributed by atoms with Gasteiger partial charge in [0, 0.05) is 11.3 Å². The summed E-state index contributed by atoms with van der Waals surface area (Å²) in [5, 5.41) is 0. The lowest BCUT2D eigenvalue weighted by molar-refractivity contribution is -0.150. The normalized spacial score (nSPS) is 26.5. The van der Waals surface area contributed by atoms with Crippen LogP contribution in [0.5, 0.6) is 0 Å². The highest BCUT2D eigenvalue weighted by Crippen LogP contribution is 2.61. The van der Waals surface area contributed by atoms with Crippen LogP contribution in [-0.2, 0) is 19.1 Å². The molecular weight excluding hydrogens is 444 g/mol. The van der Waals surface area contributed by atoms with Gasteiger partial charge < -0.3 is 9.64 Å². The maximum absolute atomic E-state index is 14.3. The molecule has 0 N–H and O–H groups in total. The summed E-state index contributed by atoms with van der Waals surface area (Å²) in [6.07, 6.45) is 0. The monoisotopic (exact) mass is 466 g/mol. The number of benzene rings is 3. The minimum absolute atomic E-state index is 0.0325. The second-order valence-corrected chi connectivity index (χ2v) is 8.90. The van der Waals surface area contributed by atoms with E-state index in [1.165, 1.54) is 0 Å². The van der Waals surface area contributed by atoms with Crippen molar-refractivity contribution in [1.29, 1.82) is 0 Å². The molecule has 3 heterocycles. The fourth-order valence-electron chi connectivity index (χ4n) is 6.07. The summed E-state index contributed by atoms with van der Waals surface area (Å²) < 4.78 is 5.49. The van der Waals surface area contributed by atoms with Crippen LogP contribution in [-0.4, -0.2) is 35.7 Å². The molecule has 2 fully saturated rings. The SMILES string of the molecule is CCOC(=O)[C@]12C(=O)c3ccccc3[C@H]([C@H]3C(=O)N(c4ccccc4)C(=O)[C@H]31)N2c1ccccc1. The first-order valence-electron chi connectivity index (χ1n) is 11.6. The maximum Gasteiger partial charge on any atom is 0.341 e. The number of nitrogens with zero attached hydrogens (tertiary/aromatic N) is 2. The molecular formula is C28H22N2O5. The number of Topliss-reactive ketones (excluding diaryl/α,β-unsaturated/α-hetero) is 1. The molecule has 7 heteroatoms. The van der Waals surface area contributed by atoms with E-state index in [1.807, 2.05) is 6.07 Å². The van der Waals surface area contributed by atoms with Crippen molar-refractivity contribution in [3.63, 3.8) is 0 Å². The summed E-state index contributed by atoms with van der Waals surface area (Å²) in [5.41, 5.74) is -0.0170. The summed E-state index contributed by atoms with van der Waals surface area (Å²) in [7, 11) is 0. The molecule has 3 aromatic carbocycles. The van der Waals surface area contributed by atoms with E-state index in [1.54, 1.807) is 90.7 Å². The number of anilines is 2. The van der Waals surface area contributed by atoms with E-state index in [2.05, 4.69) is 0 Å². The van der Waals surface area contributed by atoms with Crippen LogP contribution in [0.1, 0.15) is 28.9 Å². The van der Waals surface area contributed by atoms with Gasteiger partial charge in [0.1, 0.15) is 0 Å². The number of para-hydroxylation sites is 2. The molecule has 2 amide bonds. The summed E-state index contributed by atoms with van der Waals surface area (Å²) in [5.74, 6) is -4.47. The van der Waals surface area contributed by atoms with Crippen LogP contribution in [0.3, 0.4) is 0 Å². The Bertz CT molecular complexity index is 1370. The van der Waals surface area contributed by atoms with E-state index in [4.69, 9.17) is 4.74 Å². The van der Waals surface area contributed by atoms with Crippen LogP contribution in [0.4, 0.5) is 11.4 Å². The van der Waals surface area contributed by atoms with Gasteiger partial charge in [-0.25, -0.2) is 9.69 Å². The zero-order chi connectivity index (χ0) is 24.3. The van der Waals surface area contributed by atoms with Gasteiger partial charge in [-0.2, -0.15) is 0 Å². The Labute approximate surface area is 201 Å². The van der Waals surface area contributed by atoms with Gasteiger partial charge in [-0.1, -0.05) is 60.7 Å². The Hall–Kier alpha value is -4.26. The van der Waals surface area contributed by atoms with Crippen molar-refractivity contribution >= 4 is 34.9 Å². The summed E-state index contributed by atoms with van der Waals surface area (Å²) in [6, 6.07) is 23.9. The van der Waals surface area contributed by atoms with Gasteiger partial charge in [-0.15, -0.1) is 0 Å². The number of ketones is 1. The first-order chi connectivity index (χ1) is 17.0. The Kier molecular flexibility index (Phi) is 4.64. The van der Waals surface area contributed by atoms with Crippen molar-refractivity contribution < 1.29 is 23.9 Å². The number of hydrogen-bond acceptors (Lipinski definition) is 6. The van der Waals surface area contributed by atoms with Crippen molar-refractivity contribution in [2.24, 2.45) is 11.8 Å². The average Bonchev–Trinajstić information content (AvgIpc) is 3.32. The standard InChI is InChI=1S/C28H22N2O5/c1-2-35-27(34)28-22-21(25(32)29(26(22)33)17-11-5-3-6-12-17)23(30(28)18-13-7-4-8-14-18)19-15-9-10-16-20(19)24(28)31/h3-16,21-23H,2H2,1H3/t21-,22-,23+,28+/m0/s1. The second kappa shape index (κ2) is 7.63. The van der Waals surface area contributed by atoms with Crippen LogP contribution >= 0.6 is 0 Å². The molecule has 3 aliphatic heterocycles. The molecule has 0 saturated carbocycles. The van der Waals surface area contributed by atoms with E-state index in [0.29, 0.717) is 22.5 Å². The number of ether oxygens (including phenoxy) is 1. The lowest BCUT2D eigenvalue weighted by atomic mass is 9.76. The van der Waals surface area contributed by atoms with Crippen LogP contribution in [0.25, 0.3) is 0 Å². The minimum atomic E-state index is -1.99. The summed E-state index contributed by atoms with van der Waals surface area (Å²) in [4.78, 5) is 59.0. The predicted octanol–water partition coefficient (Wildman–Crippen LogP) is 3.55. The van der Waals surface area contributed by atoms with Crippen molar-refractivity contribution in [3.8, 4) is 0 Å². The Morgan fingerprint density at radius 1 is 0.829 bits per heavy atom. The van der Waals surface area contributed by atoms with Gasteiger partial charge in [0.25, 0.3) is 0 Å². The lowest BCUT2D eigenvalue weighted by Crippen LogP contribution is -2.65. The first kappa shape index (κ1) is 21.3. The highest BCUT2D eigenvalue weighted by atomic mass is 16.5. The lowest BCUT2D eigenvalue weighted by Gasteiger charge is -2.45. The number of carbonyl (C=O) groups is 4. The van der Waals surface area contributed by atoms with E-state index in [-0.39, 0.29) is 6.61 Å². The Morgan fingerprint density at radius 3 is 2.09 bits per heavy atom. The van der Waals surface area contributed by atoms with E-state index < -0.39 is 47.0 Å². The van der Waals surface area contributed by atoms with E-state index in [9.17, 15) is 19.2 Å². The largest absolute Gasteiger partial charge is 0.464 e. The highest BCUT2D eigenvalue weighted by molar-refractivity contribution is 6.32. The molecule has 3 aliphatic rings. The van der Waals surface area contributed by atoms with E-state index >= 15 is 0 Å². The number of hydrogen-bond donors (Lipinski definition) is 0. The van der Waals surface area contributed by atoms with Crippen molar-refractivity contribution in [2.75, 3.05) is 16.4 Å². The van der Waals surface area contributed by atoms with Crippen molar-refractivity contribution in [3.05, 3.63) is 96.1 Å². The van der Waals surface area contributed by atoms with Gasteiger partial charge in [-0.05, 0) is 36.8 Å².